The quantitative estimate of drug-likeness (QED) is 0.701. The van der Waals surface area contributed by atoms with Crippen LogP contribution in [0.5, 0.6) is 0 Å². The second-order valence-corrected chi connectivity index (χ2v) is 9.37. The molecule has 0 aromatic heterocycles. The van der Waals surface area contributed by atoms with Gasteiger partial charge in [0, 0.05) is 18.7 Å². The molecule has 0 spiro atoms. The number of carbonyl (C=O) groups is 1. The molecule has 0 heterocycles. The lowest BCUT2D eigenvalue weighted by molar-refractivity contribution is -0.116. The van der Waals surface area contributed by atoms with Gasteiger partial charge in [-0.05, 0) is 48.9 Å². The van der Waals surface area contributed by atoms with E-state index in [1.807, 2.05) is 50.2 Å². The van der Waals surface area contributed by atoms with Gasteiger partial charge in [-0.1, -0.05) is 50.2 Å². The van der Waals surface area contributed by atoms with E-state index >= 15 is 0 Å². The molecule has 0 aliphatic heterocycles. The molecule has 0 aliphatic rings. The van der Waals surface area contributed by atoms with Crippen LogP contribution in [0.2, 0.25) is 0 Å². The number of rotatable bonds is 8. The second-order valence-electron chi connectivity index (χ2n) is 7.47. The Labute approximate surface area is 168 Å². The minimum Gasteiger partial charge on any atom is -0.326 e. The number of hydrogen-bond donors (Lipinski definition) is 1. The monoisotopic (exact) mass is 402 g/mol. The summed E-state index contributed by atoms with van der Waals surface area (Å²) in [6.45, 7) is 8.31. The van der Waals surface area contributed by atoms with Crippen LogP contribution in [0.25, 0.3) is 0 Å². The van der Waals surface area contributed by atoms with Crippen molar-refractivity contribution in [3.8, 4) is 0 Å². The molecule has 28 heavy (non-hydrogen) atoms. The predicted octanol–water partition coefficient (Wildman–Crippen LogP) is 4.61. The number of aryl methyl sites for hydroxylation is 2. The zero-order valence-electron chi connectivity index (χ0n) is 17.3. The highest BCUT2D eigenvalue weighted by molar-refractivity contribution is 7.92. The van der Waals surface area contributed by atoms with E-state index in [0.717, 1.165) is 22.4 Å². The van der Waals surface area contributed by atoms with Gasteiger partial charge in [0.15, 0.2) is 0 Å². The van der Waals surface area contributed by atoms with Gasteiger partial charge in [0.05, 0.1) is 11.9 Å². The number of amides is 1. The molecule has 0 saturated heterocycles. The van der Waals surface area contributed by atoms with Gasteiger partial charge in [-0.25, -0.2) is 8.42 Å². The van der Waals surface area contributed by atoms with Crippen molar-refractivity contribution in [3.63, 3.8) is 0 Å². The van der Waals surface area contributed by atoms with Crippen LogP contribution in [-0.4, -0.2) is 27.1 Å². The topological polar surface area (TPSA) is 66.5 Å². The van der Waals surface area contributed by atoms with E-state index in [0.29, 0.717) is 18.0 Å². The second kappa shape index (κ2) is 9.24. The van der Waals surface area contributed by atoms with Gasteiger partial charge < -0.3 is 5.32 Å². The first-order valence-corrected chi connectivity index (χ1v) is 11.4. The molecule has 0 aliphatic carbocycles. The number of carbonyl (C=O) groups excluding carboxylic acids is 1. The Balaban J connectivity index is 2.06. The van der Waals surface area contributed by atoms with E-state index in [9.17, 15) is 13.2 Å². The van der Waals surface area contributed by atoms with Crippen LogP contribution < -0.4 is 9.62 Å². The van der Waals surface area contributed by atoms with Crippen molar-refractivity contribution >= 4 is 27.3 Å². The number of nitrogens with one attached hydrogen (secondary N) is 1. The number of hydrogen-bond acceptors (Lipinski definition) is 3. The van der Waals surface area contributed by atoms with Crippen molar-refractivity contribution in [2.75, 3.05) is 22.4 Å². The number of para-hydroxylation sites is 2. The summed E-state index contributed by atoms with van der Waals surface area (Å²) >= 11 is 0. The van der Waals surface area contributed by atoms with E-state index < -0.39 is 10.0 Å². The van der Waals surface area contributed by atoms with Crippen molar-refractivity contribution < 1.29 is 13.2 Å². The van der Waals surface area contributed by atoms with Gasteiger partial charge in [-0.3, -0.25) is 9.10 Å². The minimum absolute atomic E-state index is 0.102. The summed E-state index contributed by atoms with van der Waals surface area (Å²) < 4.78 is 25.9. The minimum atomic E-state index is -3.42. The van der Waals surface area contributed by atoms with Crippen LogP contribution in [0.15, 0.2) is 42.5 Å². The first kappa shape index (κ1) is 22.0. The van der Waals surface area contributed by atoms with Gasteiger partial charge in [0.25, 0.3) is 0 Å². The smallest absolute Gasteiger partial charge is 0.232 e. The molecule has 1 N–H and O–H groups in total. The number of sulfonamides is 1. The summed E-state index contributed by atoms with van der Waals surface area (Å²) in [6, 6.07) is 13.4. The zero-order valence-corrected chi connectivity index (χ0v) is 18.1. The fraction of sp³-hybridized carbons (Fsp3) is 0.409. The maximum atomic E-state index is 12.5. The Morgan fingerprint density at radius 1 is 1.04 bits per heavy atom. The number of nitrogens with zero attached hydrogens (tertiary/aromatic N) is 1. The Morgan fingerprint density at radius 3 is 2.29 bits per heavy atom. The van der Waals surface area contributed by atoms with Crippen molar-refractivity contribution in [2.24, 2.45) is 0 Å². The summed E-state index contributed by atoms with van der Waals surface area (Å²) in [5.41, 5.74) is 4.54. The summed E-state index contributed by atoms with van der Waals surface area (Å²) in [5.74, 6) is 0.200. The van der Waals surface area contributed by atoms with Crippen LogP contribution in [0.1, 0.15) is 49.3 Å². The molecule has 0 fully saturated rings. The number of anilines is 2. The summed E-state index contributed by atoms with van der Waals surface area (Å²) in [4.78, 5) is 12.5. The largest absolute Gasteiger partial charge is 0.326 e. The SMILES string of the molecule is Cc1ccccc1N(CCCC(=O)Nc1c(C)cccc1C(C)C)S(C)(=O)=O. The molecule has 5 nitrogen and oxygen atoms in total. The lowest BCUT2D eigenvalue weighted by Crippen LogP contribution is -2.32. The third-order valence-corrected chi connectivity index (χ3v) is 5.92. The van der Waals surface area contributed by atoms with E-state index in [4.69, 9.17) is 0 Å². The van der Waals surface area contributed by atoms with Gasteiger partial charge in [0.1, 0.15) is 0 Å². The fourth-order valence-corrected chi connectivity index (χ4v) is 4.26. The molecule has 6 heteroatoms. The van der Waals surface area contributed by atoms with E-state index in [-0.39, 0.29) is 18.9 Å². The Morgan fingerprint density at radius 2 is 1.68 bits per heavy atom. The van der Waals surface area contributed by atoms with Crippen LogP contribution in [0, 0.1) is 13.8 Å². The molecular weight excluding hydrogens is 372 g/mol. The molecule has 0 atom stereocenters. The van der Waals surface area contributed by atoms with Crippen LogP contribution in [0.4, 0.5) is 11.4 Å². The highest BCUT2D eigenvalue weighted by Gasteiger charge is 2.19. The van der Waals surface area contributed by atoms with Crippen molar-refractivity contribution in [2.45, 2.75) is 46.5 Å². The first-order chi connectivity index (χ1) is 13.1. The van der Waals surface area contributed by atoms with Crippen LogP contribution >= 0.6 is 0 Å². The average molecular weight is 403 g/mol. The maximum Gasteiger partial charge on any atom is 0.232 e. The van der Waals surface area contributed by atoms with Crippen molar-refractivity contribution in [3.05, 3.63) is 59.2 Å². The fourth-order valence-electron chi connectivity index (χ4n) is 3.24. The molecule has 1 amide bonds. The van der Waals surface area contributed by atoms with Gasteiger partial charge in [0.2, 0.25) is 15.9 Å². The predicted molar refractivity (Wildman–Crippen MR) is 117 cm³/mol. The molecule has 0 bridgehead atoms. The first-order valence-electron chi connectivity index (χ1n) is 9.54. The third-order valence-electron chi connectivity index (χ3n) is 4.74. The third kappa shape index (κ3) is 5.58. The lowest BCUT2D eigenvalue weighted by atomic mass is 9.98. The zero-order chi connectivity index (χ0) is 20.9. The van der Waals surface area contributed by atoms with Crippen molar-refractivity contribution in [1.82, 2.24) is 0 Å². The summed E-state index contributed by atoms with van der Waals surface area (Å²) in [6.07, 6.45) is 1.89. The molecule has 2 aromatic carbocycles. The van der Waals surface area contributed by atoms with Crippen molar-refractivity contribution in [1.29, 1.82) is 0 Å². The highest BCUT2D eigenvalue weighted by atomic mass is 32.2. The molecular formula is C22H30N2O3S. The molecule has 2 rings (SSSR count). The summed E-state index contributed by atoms with van der Waals surface area (Å²) in [5, 5.41) is 3.02. The van der Waals surface area contributed by atoms with E-state index in [1.165, 1.54) is 10.6 Å². The Bertz CT molecular complexity index is 937. The van der Waals surface area contributed by atoms with E-state index in [2.05, 4.69) is 19.2 Å². The highest BCUT2D eigenvalue weighted by Crippen LogP contribution is 2.28. The molecule has 0 radical (unpaired) electrons. The molecule has 152 valence electrons. The standard InChI is InChI=1S/C22H30N2O3S/c1-16(2)19-12-8-11-18(4)22(19)23-21(25)14-9-15-24(28(5,26)27)20-13-7-6-10-17(20)3/h6-8,10-13,16H,9,14-15H2,1-5H3,(H,23,25). The van der Waals surface area contributed by atoms with Gasteiger partial charge >= 0.3 is 0 Å². The van der Waals surface area contributed by atoms with E-state index in [1.54, 1.807) is 6.07 Å². The Hall–Kier alpha value is -2.34. The van der Waals surface area contributed by atoms with Gasteiger partial charge in [-0.2, -0.15) is 0 Å². The normalized spacial score (nSPS) is 11.5. The summed E-state index contributed by atoms with van der Waals surface area (Å²) in [7, 11) is -3.42. The average Bonchev–Trinajstić information content (AvgIpc) is 2.60. The molecule has 0 unspecified atom stereocenters. The van der Waals surface area contributed by atoms with Crippen LogP contribution in [-0.2, 0) is 14.8 Å². The van der Waals surface area contributed by atoms with Crippen LogP contribution in [0.3, 0.4) is 0 Å². The molecule has 2 aromatic rings. The maximum absolute atomic E-state index is 12.5. The lowest BCUT2D eigenvalue weighted by Gasteiger charge is -2.24. The van der Waals surface area contributed by atoms with Gasteiger partial charge in [-0.15, -0.1) is 0 Å². The molecule has 0 saturated carbocycles. The number of benzene rings is 2. The Kier molecular flexibility index (Phi) is 7.24.